The van der Waals surface area contributed by atoms with Crippen LogP contribution in [0.2, 0.25) is 0 Å². The molecular formula is C25H21ClN4O3S. The van der Waals surface area contributed by atoms with Crippen LogP contribution in [0.4, 0.5) is 5.00 Å². The van der Waals surface area contributed by atoms with Gasteiger partial charge in [-0.05, 0) is 29.7 Å². The summed E-state index contributed by atoms with van der Waals surface area (Å²) in [5, 5.41) is 13.0. The van der Waals surface area contributed by atoms with Gasteiger partial charge in [0.2, 0.25) is 5.91 Å². The smallest absolute Gasteiger partial charge is 0.262 e. The molecule has 0 bridgehead atoms. The SMILES string of the molecule is Cl.N#Cc1c(NC(=O)CN2C(=O)c3ccccc3C2=O)sc2c1CCN(Cc1ccccc1)C2. The van der Waals surface area contributed by atoms with Crippen LogP contribution in [-0.4, -0.2) is 40.6 Å². The highest BCUT2D eigenvalue weighted by Gasteiger charge is 2.36. The second kappa shape index (κ2) is 9.77. The zero-order chi connectivity index (χ0) is 22.9. The van der Waals surface area contributed by atoms with E-state index in [0.717, 1.165) is 34.9 Å². The molecule has 3 heterocycles. The fourth-order valence-electron chi connectivity index (χ4n) is 4.33. The number of anilines is 1. The van der Waals surface area contributed by atoms with Crippen LogP contribution in [0.15, 0.2) is 54.6 Å². The molecular weight excluding hydrogens is 472 g/mol. The van der Waals surface area contributed by atoms with Gasteiger partial charge in [0.1, 0.15) is 17.6 Å². The molecule has 2 aromatic carbocycles. The fraction of sp³-hybridized carbons (Fsp3) is 0.200. The lowest BCUT2D eigenvalue weighted by Gasteiger charge is -2.26. The molecule has 0 radical (unpaired) electrons. The van der Waals surface area contributed by atoms with Crippen molar-refractivity contribution in [3.8, 4) is 6.07 Å². The van der Waals surface area contributed by atoms with Crippen LogP contribution in [0.5, 0.6) is 0 Å². The predicted octanol–water partition coefficient (Wildman–Crippen LogP) is 3.83. The van der Waals surface area contributed by atoms with E-state index in [9.17, 15) is 19.6 Å². The number of rotatable bonds is 5. The molecule has 0 aliphatic carbocycles. The lowest BCUT2D eigenvalue weighted by molar-refractivity contribution is -0.116. The predicted molar refractivity (Wildman–Crippen MR) is 131 cm³/mol. The highest BCUT2D eigenvalue weighted by atomic mass is 35.5. The molecule has 0 saturated carbocycles. The number of fused-ring (bicyclic) bond motifs is 2. The van der Waals surface area contributed by atoms with Crippen LogP contribution in [0.3, 0.4) is 0 Å². The zero-order valence-corrected chi connectivity index (χ0v) is 19.7. The summed E-state index contributed by atoms with van der Waals surface area (Å²) in [4.78, 5) is 42.1. The van der Waals surface area contributed by atoms with E-state index >= 15 is 0 Å². The van der Waals surface area contributed by atoms with E-state index in [2.05, 4.69) is 28.4 Å². The van der Waals surface area contributed by atoms with Crippen LogP contribution in [0.1, 0.15) is 42.3 Å². The average molecular weight is 493 g/mol. The quantitative estimate of drug-likeness (QED) is 0.546. The largest absolute Gasteiger partial charge is 0.315 e. The van der Waals surface area contributed by atoms with E-state index in [-0.39, 0.29) is 19.0 Å². The molecule has 2 aliphatic heterocycles. The molecule has 3 aromatic rings. The molecule has 7 nitrogen and oxygen atoms in total. The van der Waals surface area contributed by atoms with Crippen LogP contribution >= 0.6 is 23.7 Å². The Kier molecular flexibility index (Phi) is 6.80. The van der Waals surface area contributed by atoms with Gasteiger partial charge in [0.25, 0.3) is 11.8 Å². The van der Waals surface area contributed by atoms with Crippen LogP contribution in [0, 0.1) is 11.3 Å². The van der Waals surface area contributed by atoms with Gasteiger partial charge in [-0.25, -0.2) is 0 Å². The third-order valence-electron chi connectivity index (χ3n) is 5.93. The van der Waals surface area contributed by atoms with Crippen molar-refractivity contribution in [1.29, 1.82) is 5.26 Å². The molecule has 0 atom stereocenters. The summed E-state index contributed by atoms with van der Waals surface area (Å²) in [6, 6.07) is 19.0. The average Bonchev–Trinajstić information content (AvgIpc) is 3.29. The molecule has 0 fully saturated rings. The maximum Gasteiger partial charge on any atom is 0.262 e. The summed E-state index contributed by atoms with van der Waals surface area (Å²) in [5.74, 6) is -1.46. The molecule has 5 rings (SSSR count). The van der Waals surface area contributed by atoms with Crippen molar-refractivity contribution in [2.45, 2.75) is 19.5 Å². The summed E-state index contributed by atoms with van der Waals surface area (Å²) in [6.07, 6.45) is 0.732. The summed E-state index contributed by atoms with van der Waals surface area (Å²) in [7, 11) is 0. The van der Waals surface area contributed by atoms with Crippen molar-refractivity contribution in [3.05, 3.63) is 87.3 Å². The Morgan fingerprint density at radius 2 is 1.68 bits per heavy atom. The van der Waals surface area contributed by atoms with Gasteiger partial charge in [-0.2, -0.15) is 5.26 Å². The van der Waals surface area contributed by atoms with Crippen LogP contribution in [0.25, 0.3) is 0 Å². The summed E-state index contributed by atoms with van der Waals surface area (Å²) in [6.45, 7) is 1.97. The number of amides is 3. The minimum Gasteiger partial charge on any atom is -0.315 e. The number of halogens is 1. The minimum atomic E-state index is -0.499. The number of hydrogen-bond acceptors (Lipinski definition) is 6. The maximum atomic E-state index is 12.7. The number of imide groups is 1. The first-order valence-electron chi connectivity index (χ1n) is 10.6. The van der Waals surface area contributed by atoms with E-state index in [1.807, 2.05) is 18.2 Å². The Balaban J connectivity index is 0.00000274. The number of nitrogens with one attached hydrogen (secondary N) is 1. The fourth-order valence-corrected chi connectivity index (χ4v) is 5.59. The highest BCUT2D eigenvalue weighted by Crippen LogP contribution is 2.37. The topological polar surface area (TPSA) is 93.5 Å². The van der Waals surface area contributed by atoms with E-state index in [1.54, 1.807) is 24.3 Å². The number of thiophene rings is 1. The van der Waals surface area contributed by atoms with E-state index in [0.29, 0.717) is 28.2 Å². The first-order valence-corrected chi connectivity index (χ1v) is 11.4. The standard InChI is InChI=1S/C25H20N4O3S.ClH/c26-12-20-17-10-11-28(13-16-6-2-1-3-7-16)14-21(17)33-23(20)27-22(30)15-29-24(31)18-8-4-5-9-19(18)25(29)32;/h1-9H,10-11,13-15H2,(H,27,30);1H. The number of carbonyl (C=O) groups is 3. The third-order valence-corrected chi connectivity index (χ3v) is 7.06. The second-order valence-corrected chi connectivity index (χ2v) is 9.16. The molecule has 3 amide bonds. The Morgan fingerprint density at radius 1 is 1.03 bits per heavy atom. The van der Waals surface area contributed by atoms with Crippen molar-refractivity contribution < 1.29 is 14.4 Å². The third kappa shape index (κ3) is 4.33. The van der Waals surface area contributed by atoms with Gasteiger partial charge in [0, 0.05) is 24.5 Å². The minimum absolute atomic E-state index is 0. The zero-order valence-electron chi connectivity index (χ0n) is 18.1. The van der Waals surface area contributed by atoms with Crippen molar-refractivity contribution in [1.82, 2.24) is 9.80 Å². The van der Waals surface area contributed by atoms with Gasteiger partial charge in [-0.1, -0.05) is 42.5 Å². The molecule has 0 spiro atoms. The Bertz CT molecular complexity index is 1280. The number of nitriles is 1. The van der Waals surface area contributed by atoms with Crippen LogP contribution < -0.4 is 5.32 Å². The molecule has 2 aliphatic rings. The van der Waals surface area contributed by atoms with Gasteiger partial charge >= 0.3 is 0 Å². The van der Waals surface area contributed by atoms with Gasteiger partial charge in [0.15, 0.2) is 0 Å². The monoisotopic (exact) mass is 492 g/mol. The van der Waals surface area contributed by atoms with Gasteiger partial charge in [0.05, 0.1) is 16.7 Å². The highest BCUT2D eigenvalue weighted by molar-refractivity contribution is 7.16. The van der Waals surface area contributed by atoms with Gasteiger partial charge < -0.3 is 5.32 Å². The molecule has 0 saturated heterocycles. The molecule has 1 N–H and O–H groups in total. The van der Waals surface area contributed by atoms with Crippen LogP contribution in [-0.2, 0) is 24.3 Å². The van der Waals surface area contributed by atoms with E-state index < -0.39 is 17.7 Å². The Hall–Kier alpha value is -3.51. The lowest BCUT2D eigenvalue weighted by atomic mass is 10.0. The normalized spacial score (nSPS) is 14.7. The first kappa shape index (κ1) is 23.6. The van der Waals surface area contributed by atoms with Crippen molar-refractivity contribution in [2.75, 3.05) is 18.4 Å². The maximum absolute atomic E-state index is 12.7. The number of benzene rings is 2. The van der Waals surface area contributed by atoms with Crippen molar-refractivity contribution in [2.24, 2.45) is 0 Å². The molecule has 9 heteroatoms. The van der Waals surface area contributed by atoms with Gasteiger partial charge in [-0.3, -0.25) is 24.2 Å². The molecule has 172 valence electrons. The number of carbonyl (C=O) groups excluding carboxylic acids is 3. The summed E-state index contributed by atoms with van der Waals surface area (Å²) in [5.41, 5.74) is 3.29. The molecule has 34 heavy (non-hydrogen) atoms. The van der Waals surface area contributed by atoms with Crippen molar-refractivity contribution in [3.63, 3.8) is 0 Å². The van der Waals surface area contributed by atoms with Crippen molar-refractivity contribution >= 4 is 46.5 Å². The van der Waals surface area contributed by atoms with Gasteiger partial charge in [-0.15, -0.1) is 23.7 Å². The summed E-state index contributed by atoms with van der Waals surface area (Å²) >= 11 is 1.39. The Labute approximate surface area is 207 Å². The molecule has 0 unspecified atom stereocenters. The Morgan fingerprint density at radius 3 is 2.32 bits per heavy atom. The number of nitrogens with zero attached hydrogens (tertiary/aromatic N) is 3. The number of hydrogen-bond donors (Lipinski definition) is 1. The second-order valence-electron chi connectivity index (χ2n) is 8.06. The van der Waals surface area contributed by atoms with E-state index in [4.69, 9.17) is 0 Å². The lowest BCUT2D eigenvalue weighted by Crippen LogP contribution is -2.37. The summed E-state index contributed by atoms with van der Waals surface area (Å²) < 4.78 is 0. The van der Waals surface area contributed by atoms with E-state index in [1.165, 1.54) is 16.9 Å². The molecule has 1 aromatic heterocycles. The first-order chi connectivity index (χ1) is 16.0.